The van der Waals surface area contributed by atoms with Gasteiger partial charge in [0.05, 0.1) is 6.26 Å². The molecule has 0 aromatic rings. The number of sulfonamides is 1. The van der Waals surface area contributed by atoms with Crippen molar-refractivity contribution in [1.82, 2.24) is 4.31 Å². The third-order valence-corrected chi connectivity index (χ3v) is 5.17. The van der Waals surface area contributed by atoms with Crippen LogP contribution in [0.25, 0.3) is 0 Å². The van der Waals surface area contributed by atoms with Gasteiger partial charge in [0.2, 0.25) is 10.0 Å². The van der Waals surface area contributed by atoms with Gasteiger partial charge < -0.3 is 5.73 Å². The molecule has 5 heteroatoms. The molecule has 4 nitrogen and oxygen atoms in total. The minimum atomic E-state index is -3.17. The first-order valence-corrected chi connectivity index (χ1v) is 8.38. The molecule has 102 valence electrons. The van der Waals surface area contributed by atoms with Crippen molar-refractivity contribution in [2.24, 2.45) is 11.7 Å². The summed E-state index contributed by atoms with van der Waals surface area (Å²) < 4.78 is 25.6. The molecule has 1 saturated carbocycles. The highest BCUT2D eigenvalue weighted by Gasteiger charge is 2.42. The molecule has 17 heavy (non-hydrogen) atoms. The molecule has 2 N–H and O–H groups in total. The van der Waals surface area contributed by atoms with Crippen LogP contribution in [-0.2, 0) is 10.0 Å². The molecule has 0 radical (unpaired) electrons. The van der Waals surface area contributed by atoms with Gasteiger partial charge in [-0.05, 0) is 25.2 Å². The highest BCUT2D eigenvalue weighted by molar-refractivity contribution is 7.88. The van der Waals surface area contributed by atoms with E-state index in [0.29, 0.717) is 19.0 Å². The van der Waals surface area contributed by atoms with Crippen molar-refractivity contribution >= 4 is 10.0 Å². The van der Waals surface area contributed by atoms with Crippen LogP contribution >= 0.6 is 0 Å². The lowest BCUT2D eigenvalue weighted by atomic mass is 9.76. The van der Waals surface area contributed by atoms with E-state index < -0.39 is 10.0 Å². The van der Waals surface area contributed by atoms with E-state index in [1.54, 1.807) is 4.31 Å². The zero-order chi connectivity index (χ0) is 13.1. The van der Waals surface area contributed by atoms with E-state index in [2.05, 4.69) is 6.92 Å². The van der Waals surface area contributed by atoms with Crippen molar-refractivity contribution in [3.8, 4) is 0 Å². The fourth-order valence-electron chi connectivity index (χ4n) is 3.10. The number of hydrogen-bond acceptors (Lipinski definition) is 3. The van der Waals surface area contributed by atoms with E-state index in [0.717, 1.165) is 25.7 Å². The Hall–Kier alpha value is -0.130. The van der Waals surface area contributed by atoms with Crippen LogP contribution in [0.1, 0.15) is 46.0 Å². The second kappa shape index (κ2) is 5.67. The van der Waals surface area contributed by atoms with Gasteiger partial charge in [0.25, 0.3) is 0 Å². The Morgan fingerprint density at radius 2 is 2.12 bits per heavy atom. The maximum atomic E-state index is 12.0. The molecule has 1 rings (SSSR count). The van der Waals surface area contributed by atoms with Crippen LogP contribution in [0, 0.1) is 5.92 Å². The molecular weight excluding hydrogens is 236 g/mol. The first-order chi connectivity index (χ1) is 7.85. The fourth-order valence-corrected chi connectivity index (χ4v) is 4.56. The highest BCUT2D eigenvalue weighted by atomic mass is 32.2. The summed E-state index contributed by atoms with van der Waals surface area (Å²) in [5.74, 6) is 0.563. The third kappa shape index (κ3) is 3.42. The minimum absolute atomic E-state index is 0.332. The molecule has 0 aromatic heterocycles. The normalized spacial score (nSPS) is 30.8. The van der Waals surface area contributed by atoms with Gasteiger partial charge in [-0.1, -0.05) is 26.7 Å². The number of nitrogens with two attached hydrogens (primary N) is 1. The van der Waals surface area contributed by atoms with Gasteiger partial charge in [-0.2, -0.15) is 4.31 Å². The van der Waals surface area contributed by atoms with Crippen molar-refractivity contribution in [2.45, 2.75) is 51.5 Å². The van der Waals surface area contributed by atoms with Gasteiger partial charge >= 0.3 is 0 Å². The van der Waals surface area contributed by atoms with Crippen LogP contribution in [0.2, 0.25) is 0 Å². The van der Waals surface area contributed by atoms with Crippen LogP contribution in [0.4, 0.5) is 0 Å². The monoisotopic (exact) mass is 262 g/mol. The summed E-state index contributed by atoms with van der Waals surface area (Å²) in [7, 11) is -3.17. The summed E-state index contributed by atoms with van der Waals surface area (Å²) in [6, 6.07) is 0. The Balaban J connectivity index is 3.02. The smallest absolute Gasteiger partial charge is 0.211 e. The molecule has 0 amide bonds. The fraction of sp³-hybridized carbons (Fsp3) is 1.00. The lowest BCUT2D eigenvalue weighted by Gasteiger charge is -2.46. The standard InChI is InChI=1S/C12H26N2O2S/c1-4-8-14(17(3,15)16)12(10-13)7-5-6-11(2)9-12/h11H,4-10,13H2,1-3H3. The van der Waals surface area contributed by atoms with Crippen molar-refractivity contribution < 1.29 is 8.42 Å². The molecule has 1 fully saturated rings. The predicted molar refractivity (Wildman–Crippen MR) is 71.3 cm³/mol. The van der Waals surface area contributed by atoms with Gasteiger partial charge in [0.15, 0.2) is 0 Å². The third-order valence-electron chi connectivity index (χ3n) is 3.80. The van der Waals surface area contributed by atoms with E-state index in [9.17, 15) is 8.42 Å². The Labute approximate surface area is 106 Å². The average molecular weight is 262 g/mol. The summed E-state index contributed by atoms with van der Waals surface area (Å²) in [4.78, 5) is 0. The van der Waals surface area contributed by atoms with Gasteiger partial charge in [-0.15, -0.1) is 0 Å². The SMILES string of the molecule is CCCN(C1(CN)CCCC(C)C1)S(C)(=O)=O. The zero-order valence-corrected chi connectivity index (χ0v) is 12.1. The molecule has 0 aromatic carbocycles. The van der Waals surface area contributed by atoms with Crippen LogP contribution in [0.15, 0.2) is 0 Å². The van der Waals surface area contributed by atoms with Gasteiger partial charge in [-0.25, -0.2) is 8.42 Å². The van der Waals surface area contributed by atoms with E-state index >= 15 is 0 Å². The molecule has 0 spiro atoms. The summed E-state index contributed by atoms with van der Waals surface area (Å²) in [5.41, 5.74) is 5.59. The number of hydrogen-bond donors (Lipinski definition) is 1. The quantitative estimate of drug-likeness (QED) is 0.818. The predicted octanol–water partition coefficient (Wildman–Crippen LogP) is 1.57. The van der Waals surface area contributed by atoms with Crippen LogP contribution in [-0.4, -0.2) is 37.6 Å². The molecule has 2 unspecified atom stereocenters. The topological polar surface area (TPSA) is 63.4 Å². The van der Waals surface area contributed by atoms with Crippen molar-refractivity contribution in [3.05, 3.63) is 0 Å². The molecule has 0 heterocycles. The zero-order valence-electron chi connectivity index (χ0n) is 11.3. The second-order valence-corrected chi connectivity index (χ2v) is 7.37. The van der Waals surface area contributed by atoms with Gasteiger partial charge in [-0.3, -0.25) is 0 Å². The van der Waals surface area contributed by atoms with Gasteiger partial charge in [0, 0.05) is 18.6 Å². The van der Waals surface area contributed by atoms with Crippen molar-refractivity contribution in [2.75, 3.05) is 19.3 Å². The maximum Gasteiger partial charge on any atom is 0.211 e. The lowest BCUT2D eigenvalue weighted by molar-refractivity contribution is 0.109. The largest absolute Gasteiger partial charge is 0.329 e. The summed E-state index contributed by atoms with van der Waals surface area (Å²) >= 11 is 0. The van der Waals surface area contributed by atoms with Crippen LogP contribution in [0.5, 0.6) is 0 Å². The molecule has 2 atom stereocenters. The van der Waals surface area contributed by atoms with E-state index in [4.69, 9.17) is 5.73 Å². The Bertz CT molecular complexity index is 342. The molecular formula is C12H26N2O2S. The number of rotatable bonds is 5. The average Bonchev–Trinajstić information content (AvgIpc) is 2.24. The Morgan fingerprint density at radius 1 is 1.47 bits per heavy atom. The molecule has 1 aliphatic carbocycles. The molecule has 0 saturated heterocycles. The minimum Gasteiger partial charge on any atom is -0.329 e. The highest BCUT2D eigenvalue weighted by Crippen LogP contribution is 2.37. The Morgan fingerprint density at radius 3 is 2.53 bits per heavy atom. The van der Waals surface area contributed by atoms with E-state index in [1.165, 1.54) is 12.7 Å². The van der Waals surface area contributed by atoms with E-state index in [-0.39, 0.29) is 5.54 Å². The van der Waals surface area contributed by atoms with Crippen molar-refractivity contribution in [1.29, 1.82) is 0 Å². The summed E-state index contributed by atoms with van der Waals surface area (Å²) in [6.07, 6.45) is 6.21. The molecule has 0 aliphatic heterocycles. The lowest BCUT2D eigenvalue weighted by Crippen LogP contribution is -2.58. The first kappa shape index (κ1) is 14.9. The second-order valence-electron chi connectivity index (χ2n) is 5.47. The number of nitrogens with zero attached hydrogens (tertiary/aromatic N) is 1. The van der Waals surface area contributed by atoms with E-state index in [1.807, 2.05) is 6.92 Å². The van der Waals surface area contributed by atoms with Crippen molar-refractivity contribution in [3.63, 3.8) is 0 Å². The maximum absolute atomic E-state index is 12.0. The molecule has 0 bridgehead atoms. The Kier molecular flexibility index (Phi) is 4.98. The molecule has 1 aliphatic rings. The first-order valence-electron chi connectivity index (χ1n) is 6.53. The van der Waals surface area contributed by atoms with Gasteiger partial charge in [0.1, 0.15) is 0 Å². The van der Waals surface area contributed by atoms with Crippen LogP contribution < -0.4 is 5.73 Å². The summed E-state index contributed by atoms with van der Waals surface area (Å²) in [6.45, 7) is 5.22. The van der Waals surface area contributed by atoms with Crippen LogP contribution in [0.3, 0.4) is 0 Å². The summed E-state index contributed by atoms with van der Waals surface area (Å²) in [5, 5.41) is 0.